The van der Waals surface area contributed by atoms with Gasteiger partial charge in [0.25, 0.3) is 5.91 Å². The number of rotatable bonds is 11. The van der Waals surface area contributed by atoms with E-state index >= 15 is 0 Å². The van der Waals surface area contributed by atoms with Gasteiger partial charge in [-0.1, -0.05) is 97.1 Å². The number of benzene rings is 4. The van der Waals surface area contributed by atoms with Gasteiger partial charge in [-0.2, -0.15) is 0 Å². The van der Waals surface area contributed by atoms with Gasteiger partial charge >= 0.3 is 6.09 Å². The lowest BCUT2D eigenvalue weighted by Gasteiger charge is -2.31. The number of aromatic amines is 2. The zero-order valence-electron chi connectivity index (χ0n) is 32.3. The van der Waals surface area contributed by atoms with Gasteiger partial charge in [0.2, 0.25) is 12.0 Å². The summed E-state index contributed by atoms with van der Waals surface area (Å²) in [5, 5.41) is 0. The van der Waals surface area contributed by atoms with Gasteiger partial charge in [-0.05, 0) is 68.1 Å². The van der Waals surface area contributed by atoms with Gasteiger partial charge < -0.3 is 30.2 Å². The van der Waals surface area contributed by atoms with Crippen molar-refractivity contribution in [3.8, 4) is 33.6 Å². The lowest BCUT2D eigenvalue weighted by molar-refractivity contribution is -0.141. The van der Waals surface area contributed by atoms with E-state index < -0.39 is 24.1 Å². The number of likely N-dealkylation sites (tertiary alicyclic amines) is 2. The highest BCUT2D eigenvalue weighted by Crippen LogP contribution is 2.37. The Bertz CT molecular complexity index is 2400. The molecule has 0 aliphatic carbocycles. The fourth-order valence-corrected chi connectivity index (χ4v) is 8.26. The van der Waals surface area contributed by atoms with Gasteiger partial charge in [-0.15, -0.1) is 0 Å². The van der Waals surface area contributed by atoms with Crippen molar-refractivity contribution < 1.29 is 23.5 Å². The minimum Gasteiger partial charge on any atom is -0.431 e. The number of halogens is 1. The van der Waals surface area contributed by atoms with E-state index in [2.05, 4.69) is 39.2 Å². The van der Waals surface area contributed by atoms with Crippen molar-refractivity contribution in [2.75, 3.05) is 27.2 Å². The predicted molar refractivity (Wildman–Crippen MR) is 217 cm³/mol. The van der Waals surface area contributed by atoms with Gasteiger partial charge in [-0.25, -0.2) is 19.2 Å². The summed E-state index contributed by atoms with van der Waals surface area (Å²) in [6, 6.07) is 30.5. The first-order valence-corrected chi connectivity index (χ1v) is 19.5. The van der Waals surface area contributed by atoms with Crippen LogP contribution in [0.4, 0.5) is 9.18 Å². The van der Waals surface area contributed by atoms with Crippen LogP contribution in [-0.2, 0) is 14.3 Å². The summed E-state index contributed by atoms with van der Waals surface area (Å²) in [6.45, 7) is 1.09. The lowest BCUT2D eigenvalue weighted by Crippen LogP contribution is -2.40. The quantitative estimate of drug-likeness (QED) is 0.122. The third-order valence-electron chi connectivity index (χ3n) is 11.1. The molecule has 2 aliphatic heterocycles. The smallest absolute Gasteiger partial charge is 0.405 e. The molecule has 0 bridgehead atoms. The summed E-state index contributed by atoms with van der Waals surface area (Å²) >= 11 is 0. The molecule has 4 aromatic carbocycles. The average molecular weight is 781 g/mol. The Morgan fingerprint density at radius 3 is 1.69 bits per heavy atom. The number of hydrogen-bond donors (Lipinski definition) is 3. The number of primary amides is 1. The van der Waals surface area contributed by atoms with Crippen molar-refractivity contribution in [2.24, 2.45) is 5.73 Å². The van der Waals surface area contributed by atoms with E-state index in [0.29, 0.717) is 35.9 Å². The molecule has 12 nitrogen and oxygen atoms in total. The number of carbonyl (C=O) groups is 3. The Labute approximate surface area is 335 Å². The highest BCUT2D eigenvalue weighted by Gasteiger charge is 2.39. The second kappa shape index (κ2) is 16.5. The van der Waals surface area contributed by atoms with Crippen LogP contribution in [0.5, 0.6) is 0 Å². The Balaban J connectivity index is 0.932. The summed E-state index contributed by atoms with van der Waals surface area (Å²) in [6.07, 6.45) is 4.55. The Morgan fingerprint density at radius 2 is 1.19 bits per heavy atom. The number of aromatic nitrogens is 4. The molecule has 1 unspecified atom stereocenters. The van der Waals surface area contributed by atoms with Crippen molar-refractivity contribution in [3.05, 3.63) is 144 Å². The van der Waals surface area contributed by atoms with Gasteiger partial charge in [-0.3, -0.25) is 14.5 Å². The number of amides is 3. The molecule has 8 rings (SSSR count). The molecule has 58 heavy (non-hydrogen) atoms. The van der Waals surface area contributed by atoms with Crippen LogP contribution >= 0.6 is 0 Å². The standard InChI is InChI=1S/C45H45FN8O4/c1-52(2)39(33-12-6-7-13-34(33)46)43(55)53-24-8-14-37(53)41-48-26-35(50-41)30-20-16-28(17-21-30)29-18-22-31(23-19-29)36-27-49-42(51-36)38-15-9-25-54(38)44(56)40(58-45(47)57)32-10-4-3-5-11-32/h3-7,10-13,16-23,26-27,37-40H,8-9,14-15,24-25H2,1-2H3,(H2,47,57)(H,48,50)(H,49,51)/t37-,38-,39?,40+/m0/s1. The maximum atomic E-state index is 14.8. The number of nitrogens with zero attached hydrogens (tertiary/aromatic N) is 5. The second-order valence-electron chi connectivity index (χ2n) is 15.0. The van der Waals surface area contributed by atoms with Gasteiger partial charge in [0.15, 0.2) is 0 Å². The first-order chi connectivity index (χ1) is 28.2. The second-order valence-corrected chi connectivity index (χ2v) is 15.0. The average Bonchev–Trinajstić information content (AvgIpc) is 4.08. The molecule has 296 valence electrons. The Hall–Kier alpha value is -6.60. The van der Waals surface area contributed by atoms with E-state index in [9.17, 15) is 18.8 Å². The molecule has 4 heterocycles. The molecule has 0 spiro atoms. The van der Waals surface area contributed by atoms with Gasteiger partial charge in [0.1, 0.15) is 23.5 Å². The van der Waals surface area contributed by atoms with Crippen LogP contribution in [0, 0.1) is 5.82 Å². The minimum atomic E-state index is -1.14. The van der Waals surface area contributed by atoms with E-state index in [-0.39, 0.29) is 23.9 Å². The van der Waals surface area contributed by atoms with Gasteiger partial charge in [0, 0.05) is 24.2 Å². The number of hydrogen-bond acceptors (Lipinski definition) is 7. The maximum absolute atomic E-state index is 14.8. The fourth-order valence-electron chi connectivity index (χ4n) is 8.26. The lowest BCUT2D eigenvalue weighted by atomic mass is 10.0. The Kier molecular flexibility index (Phi) is 10.9. The summed E-state index contributed by atoms with van der Waals surface area (Å²) in [5.74, 6) is 0.512. The normalized spacial score (nSPS) is 17.7. The zero-order valence-corrected chi connectivity index (χ0v) is 32.3. The van der Waals surface area contributed by atoms with Crippen LogP contribution in [-0.4, -0.2) is 79.7 Å². The molecular formula is C45H45FN8O4. The molecule has 0 saturated carbocycles. The topological polar surface area (TPSA) is 154 Å². The van der Waals surface area contributed by atoms with Crippen LogP contribution in [0.15, 0.2) is 116 Å². The first kappa shape index (κ1) is 38.3. The van der Waals surface area contributed by atoms with Crippen molar-refractivity contribution in [1.82, 2.24) is 34.6 Å². The highest BCUT2D eigenvalue weighted by molar-refractivity contribution is 5.85. The van der Waals surface area contributed by atoms with Crippen LogP contribution in [0.25, 0.3) is 33.6 Å². The summed E-state index contributed by atoms with van der Waals surface area (Å²) in [4.78, 5) is 60.9. The van der Waals surface area contributed by atoms with E-state index in [4.69, 9.17) is 15.5 Å². The molecule has 4 atom stereocenters. The monoisotopic (exact) mass is 780 g/mol. The number of carbonyl (C=O) groups excluding carboxylic acids is 3. The molecule has 2 saturated heterocycles. The van der Waals surface area contributed by atoms with E-state index in [0.717, 1.165) is 59.3 Å². The number of H-pyrrole nitrogens is 2. The third-order valence-corrected chi connectivity index (χ3v) is 11.1. The predicted octanol–water partition coefficient (Wildman–Crippen LogP) is 7.74. The Morgan fingerprint density at radius 1 is 0.707 bits per heavy atom. The molecule has 13 heteroatoms. The molecule has 2 aliphatic rings. The number of nitrogens with one attached hydrogen (secondary N) is 2. The SMILES string of the molecule is CN(C)C(C(=O)N1CCC[C@H]1c1ncc(-c2ccc(-c3ccc(-c4cnc([C@@H]5CCCN5C(=O)[C@H](OC(N)=O)c5ccccc5)[nH]4)cc3)cc2)[nH]1)c1ccccc1F. The van der Waals surface area contributed by atoms with E-state index in [1.165, 1.54) is 6.07 Å². The minimum absolute atomic E-state index is 0.141. The van der Waals surface area contributed by atoms with Crippen LogP contribution in [0.2, 0.25) is 0 Å². The fraction of sp³-hybridized carbons (Fsp3) is 0.267. The van der Waals surface area contributed by atoms with Crippen molar-refractivity contribution >= 4 is 17.9 Å². The number of ether oxygens (including phenoxy) is 1. The highest BCUT2D eigenvalue weighted by atomic mass is 19.1. The van der Waals surface area contributed by atoms with Crippen molar-refractivity contribution in [2.45, 2.75) is 49.9 Å². The van der Waals surface area contributed by atoms with Crippen LogP contribution in [0.3, 0.4) is 0 Å². The van der Waals surface area contributed by atoms with E-state index in [1.807, 2.05) is 35.2 Å². The molecule has 0 radical (unpaired) electrons. The van der Waals surface area contributed by atoms with E-state index in [1.54, 1.807) is 78.8 Å². The molecule has 3 amide bonds. The van der Waals surface area contributed by atoms with Crippen LogP contribution in [0.1, 0.15) is 72.7 Å². The number of imidazole rings is 2. The van der Waals surface area contributed by atoms with Gasteiger partial charge in [0.05, 0.1) is 35.9 Å². The molecule has 2 fully saturated rings. The number of nitrogens with two attached hydrogens (primary N) is 1. The first-order valence-electron chi connectivity index (χ1n) is 19.5. The summed E-state index contributed by atoms with van der Waals surface area (Å²) in [5.41, 5.74) is 11.9. The zero-order chi connectivity index (χ0) is 40.3. The molecule has 4 N–H and O–H groups in total. The largest absolute Gasteiger partial charge is 0.431 e. The third kappa shape index (κ3) is 7.72. The van der Waals surface area contributed by atoms with Crippen molar-refractivity contribution in [1.29, 1.82) is 0 Å². The molecule has 2 aromatic heterocycles. The summed E-state index contributed by atoms with van der Waals surface area (Å²) < 4.78 is 20.1. The molecule has 6 aromatic rings. The van der Waals surface area contributed by atoms with Crippen molar-refractivity contribution in [3.63, 3.8) is 0 Å². The maximum Gasteiger partial charge on any atom is 0.405 e. The molecular weight excluding hydrogens is 736 g/mol. The summed E-state index contributed by atoms with van der Waals surface area (Å²) in [7, 11) is 3.59. The number of likely N-dealkylation sites (N-methyl/N-ethyl adjacent to an activating group) is 1. The van der Waals surface area contributed by atoms with Crippen LogP contribution < -0.4 is 5.73 Å².